The first-order chi connectivity index (χ1) is 16.1. The second-order valence-electron chi connectivity index (χ2n) is 10.0. The van der Waals surface area contributed by atoms with Gasteiger partial charge >= 0.3 is 8.72 Å². The Balaban J connectivity index is 1.94. The summed E-state index contributed by atoms with van der Waals surface area (Å²) >= 11 is 0. The van der Waals surface area contributed by atoms with Crippen LogP contribution in [0.25, 0.3) is 0 Å². The Labute approximate surface area is 198 Å². The summed E-state index contributed by atoms with van der Waals surface area (Å²) in [7, 11) is -3.64. The fourth-order valence-electron chi connectivity index (χ4n) is 6.07. The van der Waals surface area contributed by atoms with Crippen LogP contribution in [0.1, 0.15) is 103 Å². The van der Waals surface area contributed by atoms with E-state index in [2.05, 4.69) is 0 Å². The molecular weight excluding hydrogens is 436 g/mol. The predicted octanol–water partition coefficient (Wildman–Crippen LogP) is 3.03. The van der Waals surface area contributed by atoms with Gasteiger partial charge in [-0.05, 0) is 51.4 Å². The van der Waals surface area contributed by atoms with Crippen LogP contribution >= 0.6 is 0 Å². The quantitative estimate of drug-likeness (QED) is 0.584. The van der Waals surface area contributed by atoms with Gasteiger partial charge in [0.05, 0.1) is 0 Å². The number of rotatable bonds is 4. The third-order valence-electron chi connectivity index (χ3n) is 7.74. The predicted molar refractivity (Wildman–Crippen MR) is 126 cm³/mol. The van der Waals surface area contributed by atoms with Crippen LogP contribution in [0, 0.1) is 0 Å². The van der Waals surface area contributed by atoms with Gasteiger partial charge in [0.1, 0.15) is 0 Å². The van der Waals surface area contributed by atoms with Crippen molar-refractivity contribution < 1.29 is 19.2 Å². The van der Waals surface area contributed by atoms with Crippen molar-refractivity contribution in [3.8, 4) is 0 Å². The molecule has 8 nitrogen and oxygen atoms in total. The minimum absolute atomic E-state index is 0.0188. The van der Waals surface area contributed by atoms with E-state index >= 15 is 0 Å². The minimum atomic E-state index is -3.64. The number of hydrogen-bond acceptors (Lipinski definition) is 4. The third kappa shape index (κ3) is 4.84. The average molecular weight is 477 g/mol. The molecule has 4 saturated heterocycles. The molecule has 0 aromatic rings. The van der Waals surface area contributed by atoms with Gasteiger partial charge in [-0.1, -0.05) is 25.7 Å². The Bertz CT molecular complexity index is 635. The zero-order valence-electron chi connectivity index (χ0n) is 20.1. The van der Waals surface area contributed by atoms with E-state index in [0.29, 0.717) is 51.9 Å². The van der Waals surface area contributed by atoms with E-state index in [1.807, 2.05) is 18.3 Å². The molecule has 0 saturated carbocycles. The molecule has 0 aliphatic carbocycles. The van der Waals surface area contributed by atoms with Gasteiger partial charge in [0.2, 0.25) is 23.6 Å². The van der Waals surface area contributed by atoms with Crippen LogP contribution in [0.3, 0.4) is 0 Å². The lowest BCUT2D eigenvalue weighted by Gasteiger charge is -2.56. The van der Waals surface area contributed by atoms with Gasteiger partial charge in [0.15, 0.2) is 0 Å². The van der Waals surface area contributed by atoms with Crippen molar-refractivity contribution in [3.05, 3.63) is 0 Å². The fourth-order valence-corrected chi connectivity index (χ4v) is 11.4. The normalized spacial score (nSPS) is 25.0. The lowest BCUT2D eigenvalue weighted by atomic mass is 10.2. The zero-order chi connectivity index (χ0) is 23.3. The summed E-state index contributed by atoms with van der Waals surface area (Å²) in [6.07, 6.45) is 12.3. The molecule has 4 rings (SSSR count). The molecule has 184 valence electrons. The Morgan fingerprint density at radius 2 is 0.606 bits per heavy atom. The molecule has 9 heteroatoms. The summed E-state index contributed by atoms with van der Waals surface area (Å²) in [4.78, 5) is 54.9. The molecule has 33 heavy (non-hydrogen) atoms. The number of hydrogen-bond donors (Lipinski definition) is 0. The first kappa shape index (κ1) is 24.2. The van der Waals surface area contributed by atoms with Crippen LogP contribution in [-0.2, 0) is 19.2 Å². The Morgan fingerprint density at radius 3 is 0.848 bits per heavy atom. The third-order valence-corrected chi connectivity index (χ3v) is 12.5. The molecule has 0 aromatic carbocycles. The highest BCUT2D eigenvalue weighted by molar-refractivity contribution is 6.77. The van der Waals surface area contributed by atoms with Crippen LogP contribution in [-0.4, -0.2) is 76.8 Å². The highest BCUT2D eigenvalue weighted by Crippen LogP contribution is 2.35. The zero-order valence-corrected chi connectivity index (χ0v) is 21.1. The highest BCUT2D eigenvalue weighted by atomic mass is 28.4. The summed E-state index contributed by atoms with van der Waals surface area (Å²) in [5, 5.41) is 0. The molecule has 4 fully saturated rings. The summed E-state index contributed by atoms with van der Waals surface area (Å²) in [6.45, 7) is 2.12. The van der Waals surface area contributed by atoms with Gasteiger partial charge in [-0.2, -0.15) is 0 Å². The van der Waals surface area contributed by atoms with E-state index in [-0.39, 0.29) is 23.6 Å². The Hall–Kier alpha value is -1.90. The molecule has 0 unspecified atom stereocenters. The monoisotopic (exact) mass is 476 g/mol. The fraction of sp³-hybridized carbons (Fsp3) is 0.833. The van der Waals surface area contributed by atoms with E-state index in [1.165, 1.54) is 0 Å². The molecular formula is C24H40N4O4Si. The molecule has 0 spiro atoms. The molecule has 4 amide bonds. The lowest BCUT2D eigenvalue weighted by molar-refractivity contribution is -0.136. The van der Waals surface area contributed by atoms with Gasteiger partial charge in [-0.25, -0.2) is 0 Å². The second kappa shape index (κ2) is 11.0. The van der Waals surface area contributed by atoms with Crippen molar-refractivity contribution in [3.63, 3.8) is 0 Å². The van der Waals surface area contributed by atoms with Gasteiger partial charge in [-0.3, -0.25) is 19.2 Å². The minimum Gasteiger partial charge on any atom is -0.317 e. The van der Waals surface area contributed by atoms with Crippen molar-refractivity contribution >= 4 is 32.3 Å². The Kier molecular flexibility index (Phi) is 8.09. The maximum absolute atomic E-state index is 13.7. The first-order valence-corrected chi connectivity index (χ1v) is 15.1. The van der Waals surface area contributed by atoms with Crippen molar-refractivity contribution in [1.82, 2.24) is 18.3 Å². The second-order valence-corrected chi connectivity index (χ2v) is 13.4. The van der Waals surface area contributed by atoms with Gasteiger partial charge in [0, 0.05) is 51.9 Å². The summed E-state index contributed by atoms with van der Waals surface area (Å²) < 4.78 is 7.65. The van der Waals surface area contributed by atoms with Crippen LogP contribution in [0.2, 0.25) is 0 Å². The first-order valence-electron chi connectivity index (χ1n) is 13.3. The maximum Gasteiger partial charge on any atom is 0.512 e. The van der Waals surface area contributed by atoms with Crippen LogP contribution in [0.4, 0.5) is 0 Å². The van der Waals surface area contributed by atoms with E-state index in [1.54, 1.807) is 0 Å². The average Bonchev–Trinajstić information content (AvgIpc) is 3.32. The van der Waals surface area contributed by atoms with Gasteiger partial charge in [0.25, 0.3) is 0 Å². The molecule has 0 atom stereocenters. The summed E-state index contributed by atoms with van der Waals surface area (Å²) in [5.74, 6) is 0.0752. The molecule has 0 radical (unpaired) electrons. The van der Waals surface area contributed by atoms with Crippen molar-refractivity contribution in [2.45, 2.75) is 103 Å². The van der Waals surface area contributed by atoms with Gasteiger partial charge in [-0.15, -0.1) is 0 Å². The topological polar surface area (TPSA) is 81.2 Å². The molecule has 4 heterocycles. The Morgan fingerprint density at radius 1 is 0.364 bits per heavy atom. The van der Waals surface area contributed by atoms with Crippen molar-refractivity contribution in [1.29, 1.82) is 0 Å². The molecule has 4 aliphatic rings. The van der Waals surface area contributed by atoms with E-state index in [4.69, 9.17) is 0 Å². The number of carbonyl (C=O) groups is 4. The maximum atomic E-state index is 13.7. The van der Waals surface area contributed by atoms with E-state index in [9.17, 15) is 19.2 Å². The number of amides is 4. The standard InChI is InChI=1S/C24H40N4O4Si/c29-21-13-5-1-9-17-25(21)33(26-18-10-2-6-14-22(26)30,27-19-11-3-7-15-23(27)31)28-20-12-4-8-16-24(28)32/h1-20H2. The molecule has 0 bridgehead atoms. The SMILES string of the molecule is O=C1CCCCCN1[Si](N1CCCCCC1=O)(N1CCCCCC1=O)N1CCCCCC1=O. The van der Waals surface area contributed by atoms with Crippen molar-refractivity contribution in [2.75, 3.05) is 26.2 Å². The van der Waals surface area contributed by atoms with Crippen LogP contribution in [0.15, 0.2) is 0 Å². The summed E-state index contributed by atoms with van der Waals surface area (Å²) in [6, 6.07) is 0. The van der Waals surface area contributed by atoms with Crippen molar-refractivity contribution in [2.24, 2.45) is 0 Å². The lowest BCUT2D eigenvalue weighted by Crippen LogP contribution is -2.86. The van der Waals surface area contributed by atoms with Crippen LogP contribution < -0.4 is 0 Å². The molecule has 0 aromatic heterocycles. The van der Waals surface area contributed by atoms with E-state index in [0.717, 1.165) is 77.0 Å². The van der Waals surface area contributed by atoms with E-state index < -0.39 is 8.72 Å². The van der Waals surface area contributed by atoms with Crippen LogP contribution in [0.5, 0.6) is 0 Å². The van der Waals surface area contributed by atoms with Gasteiger partial charge < -0.3 is 18.3 Å². The highest BCUT2D eigenvalue weighted by Gasteiger charge is 2.64. The largest absolute Gasteiger partial charge is 0.512 e. The molecule has 4 aliphatic heterocycles. The summed E-state index contributed by atoms with van der Waals surface area (Å²) in [5.41, 5.74) is 0. The molecule has 0 N–H and O–H groups in total. The smallest absolute Gasteiger partial charge is 0.317 e. The number of nitrogens with zero attached hydrogens (tertiary/aromatic N) is 4. The number of carbonyl (C=O) groups excluding carboxylic acids is 4.